The standard InChI is InChI=1S/C22H24IN5OS/c1-4-11-28-20(13-24-18-8-6-17(23)7-9-18)26-27-22(28)30-14-21(29)25-19-10-5-15(2)12-16(19)3/h4-10,12,24H,1,11,13-14H2,2-3H3,(H,25,29). The van der Waals surface area contributed by atoms with Crippen LogP contribution >= 0.6 is 34.4 Å². The minimum atomic E-state index is -0.0707. The fourth-order valence-corrected chi connectivity index (χ4v) is 4.01. The Morgan fingerprint density at radius 3 is 2.67 bits per heavy atom. The molecular formula is C22H24IN5OS. The van der Waals surface area contributed by atoms with Crippen LogP contribution in [0.4, 0.5) is 11.4 Å². The van der Waals surface area contributed by atoms with Crippen molar-refractivity contribution in [2.45, 2.75) is 32.1 Å². The van der Waals surface area contributed by atoms with Gasteiger partial charge >= 0.3 is 0 Å². The highest BCUT2D eigenvalue weighted by Gasteiger charge is 2.14. The second-order valence-corrected chi connectivity index (χ2v) is 9.00. The minimum Gasteiger partial charge on any atom is -0.378 e. The molecule has 0 saturated heterocycles. The quantitative estimate of drug-likeness (QED) is 0.230. The highest BCUT2D eigenvalue weighted by molar-refractivity contribution is 14.1. The summed E-state index contributed by atoms with van der Waals surface area (Å²) in [5.41, 5.74) is 4.07. The molecule has 0 unspecified atom stereocenters. The van der Waals surface area contributed by atoms with E-state index in [9.17, 15) is 4.79 Å². The van der Waals surface area contributed by atoms with E-state index in [1.165, 1.54) is 20.9 Å². The average Bonchev–Trinajstić information content (AvgIpc) is 3.10. The lowest BCUT2D eigenvalue weighted by Gasteiger charge is -2.10. The summed E-state index contributed by atoms with van der Waals surface area (Å²) in [7, 11) is 0. The van der Waals surface area contributed by atoms with Crippen molar-refractivity contribution in [1.82, 2.24) is 14.8 Å². The average molecular weight is 533 g/mol. The Morgan fingerprint density at radius 2 is 1.97 bits per heavy atom. The lowest BCUT2D eigenvalue weighted by molar-refractivity contribution is -0.113. The van der Waals surface area contributed by atoms with Gasteiger partial charge in [0, 0.05) is 21.5 Å². The number of nitrogens with one attached hydrogen (secondary N) is 2. The van der Waals surface area contributed by atoms with Gasteiger partial charge in [-0.05, 0) is 72.3 Å². The van der Waals surface area contributed by atoms with Crippen molar-refractivity contribution in [2.75, 3.05) is 16.4 Å². The van der Waals surface area contributed by atoms with Gasteiger partial charge in [-0.2, -0.15) is 0 Å². The smallest absolute Gasteiger partial charge is 0.234 e. The zero-order chi connectivity index (χ0) is 21.5. The number of nitrogens with zero attached hydrogens (tertiary/aromatic N) is 3. The van der Waals surface area contributed by atoms with E-state index in [2.05, 4.69) is 56.1 Å². The highest BCUT2D eigenvalue weighted by atomic mass is 127. The molecule has 8 heteroatoms. The summed E-state index contributed by atoms with van der Waals surface area (Å²) in [6, 6.07) is 14.1. The molecule has 0 aliphatic carbocycles. The number of aromatic nitrogens is 3. The lowest BCUT2D eigenvalue weighted by atomic mass is 10.1. The molecule has 3 rings (SSSR count). The number of benzene rings is 2. The van der Waals surface area contributed by atoms with E-state index < -0.39 is 0 Å². The Hall–Kier alpha value is -2.33. The van der Waals surface area contributed by atoms with Gasteiger partial charge in [0.1, 0.15) is 0 Å². The molecule has 6 nitrogen and oxygen atoms in total. The first-order valence-corrected chi connectivity index (χ1v) is 11.5. The van der Waals surface area contributed by atoms with Gasteiger partial charge in [-0.3, -0.25) is 4.79 Å². The summed E-state index contributed by atoms with van der Waals surface area (Å²) in [6.07, 6.45) is 1.80. The number of hydrogen-bond acceptors (Lipinski definition) is 5. The van der Waals surface area contributed by atoms with Crippen LogP contribution in [0.1, 0.15) is 17.0 Å². The van der Waals surface area contributed by atoms with E-state index in [0.29, 0.717) is 18.2 Å². The molecule has 0 aliphatic heterocycles. The van der Waals surface area contributed by atoms with Crippen LogP contribution in [0.3, 0.4) is 0 Å². The van der Waals surface area contributed by atoms with Crippen LogP contribution in [0.2, 0.25) is 0 Å². The number of allylic oxidation sites excluding steroid dienone is 1. The second-order valence-electron chi connectivity index (χ2n) is 6.81. The predicted octanol–water partition coefficient (Wildman–Crippen LogP) is 5.03. The van der Waals surface area contributed by atoms with Crippen molar-refractivity contribution in [3.63, 3.8) is 0 Å². The monoisotopic (exact) mass is 533 g/mol. The molecule has 0 fully saturated rings. The Balaban J connectivity index is 1.61. The number of aryl methyl sites for hydroxylation is 2. The van der Waals surface area contributed by atoms with E-state index >= 15 is 0 Å². The maximum Gasteiger partial charge on any atom is 0.234 e. The molecular weight excluding hydrogens is 509 g/mol. The lowest BCUT2D eigenvalue weighted by Crippen LogP contribution is -2.15. The Morgan fingerprint density at radius 1 is 1.20 bits per heavy atom. The van der Waals surface area contributed by atoms with Crippen LogP contribution in [0.25, 0.3) is 0 Å². The summed E-state index contributed by atoms with van der Waals surface area (Å²) >= 11 is 3.65. The Bertz CT molecular complexity index is 1030. The van der Waals surface area contributed by atoms with Crippen molar-refractivity contribution in [3.8, 4) is 0 Å². The maximum atomic E-state index is 12.4. The summed E-state index contributed by atoms with van der Waals surface area (Å²) in [6.45, 7) is 8.97. The number of anilines is 2. The van der Waals surface area contributed by atoms with E-state index in [0.717, 1.165) is 22.8 Å². The molecule has 0 spiro atoms. The van der Waals surface area contributed by atoms with Crippen LogP contribution in [0.5, 0.6) is 0 Å². The van der Waals surface area contributed by atoms with Gasteiger partial charge in [0.05, 0.1) is 12.3 Å². The van der Waals surface area contributed by atoms with Crippen LogP contribution in [-0.4, -0.2) is 26.4 Å². The zero-order valence-electron chi connectivity index (χ0n) is 17.0. The maximum absolute atomic E-state index is 12.4. The first-order chi connectivity index (χ1) is 14.5. The fraction of sp³-hybridized carbons (Fsp3) is 0.227. The first-order valence-electron chi connectivity index (χ1n) is 9.48. The van der Waals surface area contributed by atoms with Crippen LogP contribution in [0.15, 0.2) is 60.3 Å². The molecule has 156 valence electrons. The normalized spacial score (nSPS) is 10.6. The number of thioether (sulfide) groups is 1. The third-order valence-corrected chi connectivity index (χ3v) is 6.07. The Kier molecular flexibility index (Phi) is 7.92. The molecule has 0 aliphatic rings. The summed E-state index contributed by atoms with van der Waals surface area (Å²) in [5, 5.41) is 15.6. The molecule has 3 aromatic rings. The van der Waals surface area contributed by atoms with Crippen molar-refractivity contribution < 1.29 is 4.79 Å². The molecule has 1 heterocycles. The number of halogens is 1. The van der Waals surface area contributed by atoms with E-state index in [1.54, 1.807) is 6.08 Å². The molecule has 0 bridgehead atoms. The van der Waals surface area contributed by atoms with Gasteiger partial charge in [0.25, 0.3) is 0 Å². The largest absolute Gasteiger partial charge is 0.378 e. The number of amides is 1. The SMILES string of the molecule is C=CCn1c(CNc2ccc(I)cc2)nnc1SCC(=O)Nc1ccc(C)cc1C. The third-order valence-electron chi connectivity index (χ3n) is 4.39. The topological polar surface area (TPSA) is 71.8 Å². The van der Waals surface area contributed by atoms with Gasteiger partial charge in [-0.25, -0.2) is 0 Å². The number of carbonyl (C=O) groups is 1. The fourth-order valence-electron chi connectivity index (χ4n) is 2.89. The van der Waals surface area contributed by atoms with Crippen LogP contribution in [0, 0.1) is 17.4 Å². The van der Waals surface area contributed by atoms with E-state index in [4.69, 9.17) is 0 Å². The molecule has 0 radical (unpaired) electrons. The third kappa shape index (κ3) is 6.09. The van der Waals surface area contributed by atoms with Gasteiger partial charge in [-0.1, -0.05) is 35.5 Å². The zero-order valence-corrected chi connectivity index (χ0v) is 20.0. The molecule has 2 N–H and O–H groups in total. The van der Waals surface area contributed by atoms with Gasteiger partial charge < -0.3 is 15.2 Å². The molecule has 30 heavy (non-hydrogen) atoms. The Labute approximate surface area is 194 Å². The van der Waals surface area contributed by atoms with Crippen LogP contribution < -0.4 is 10.6 Å². The molecule has 0 saturated carbocycles. The van der Waals surface area contributed by atoms with Crippen molar-refractivity contribution in [3.05, 3.63) is 75.6 Å². The highest BCUT2D eigenvalue weighted by Crippen LogP contribution is 2.20. The summed E-state index contributed by atoms with van der Waals surface area (Å²) < 4.78 is 3.16. The minimum absolute atomic E-state index is 0.0707. The van der Waals surface area contributed by atoms with Crippen molar-refractivity contribution in [1.29, 1.82) is 0 Å². The van der Waals surface area contributed by atoms with Gasteiger partial charge in [-0.15, -0.1) is 16.8 Å². The second kappa shape index (κ2) is 10.6. The molecule has 1 amide bonds. The molecule has 1 aromatic heterocycles. The number of hydrogen-bond donors (Lipinski definition) is 2. The van der Waals surface area contributed by atoms with Crippen LogP contribution in [-0.2, 0) is 17.9 Å². The van der Waals surface area contributed by atoms with E-state index in [1.807, 2.05) is 54.8 Å². The summed E-state index contributed by atoms with van der Waals surface area (Å²) in [4.78, 5) is 12.4. The number of carbonyl (C=O) groups excluding carboxylic acids is 1. The first kappa shape index (κ1) is 22.4. The van der Waals surface area contributed by atoms with Gasteiger partial charge in [0.2, 0.25) is 5.91 Å². The van der Waals surface area contributed by atoms with Gasteiger partial charge in [0.15, 0.2) is 11.0 Å². The summed E-state index contributed by atoms with van der Waals surface area (Å²) in [5.74, 6) is 0.983. The van der Waals surface area contributed by atoms with Crippen molar-refractivity contribution >= 4 is 51.6 Å². The molecule has 2 aromatic carbocycles. The molecule has 0 atom stereocenters. The number of rotatable bonds is 9. The predicted molar refractivity (Wildman–Crippen MR) is 132 cm³/mol. The van der Waals surface area contributed by atoms with E-state index in [-0.39, 0.29) is 11.7 Å². The van der Waals surface area contributed by atoms with Crippen molar-refractivity contribution in [2.24, 2.45) is 0 Å².